The van der Waals surface area contributed by atoms with Crippen LogP contribution in [0.25, 0.3) is 33.5 Å². The molecular weight excluding hydrogens is 771 g/mol. The SMILES string of the molecule is c1ccc([Si](c2ccccc2)(c2cccc(-n3c4ccccc4n4c5ccccc5nc34)c2)c2cccc3c2Oc2ccccc2C3(Cc2ncco2)Cc2ncco2)cc1. The Labute approximate surface area is 352 Å². The van der Waals surface area contributed by atoms with Crippen LogP contribution in [0.2, 0.25) is 0 Å². The molecule has 7 aromatic carbocycles. The number of hydrogen-bond acceptors (Lipinski definition) is 6. The second-order valence-electron chi connectivity index (χ2n) is 15.7. The summed E-state index contributed by atoms with van der Waals surface area (Å²) in [5.41, 5.74) is 6.60. The quantitative estimate of drug-likeness (QED) is 0.107. The molecule has 8 nitrogen and oxygen atoms in total. The van der Waals surface area contributed by atoms with Crippen LogP contribution in [0.15, 0.2) is 210 Å². The zero-order valence-electron chi connectivity index (χ0n) is 32.9. The van der Waals surface area contributed by atoms with E-state index < -0.39 is 13.5 Å². The number of nitrogens with zero attached hydrogens (tertiary/aromatic N) is 5. The molecule has 5 heterocycles. The molecule has 0 radical (unpaired) electrons. The molecule has 12 rings (SSSR count). The monoisotopic (exact) mass is 807 g/mol. The molecular formula is C52H37N5O3Si. The van der Waals surface area contributed by atoms with Crippen LogP contribution < -0.4 is 25.5 Å². The van der Waals surface area contributed by atoms with Gasteiger partial charge < -0.3 is 13.6 Å². The molecule has 9 heteroatoms. The minimum Gasteiger partial charge on any atom is -0.457 e. The molecule has 1 aliphatic heterocycles. The van der Waals surface area contributed by atoms with Crippen LogP contribution >= 0.6 is 0 Å². The predicted octanol–water partition coefficient (Wildman–Crippen LogP) is 8.66. The molecule has 0 bridgehead atoms. The minimum absolute atomic E-state index is 0.468. The summed E-state index contributed by atoms with van der Waals surface area (Å²) in [6, 6.07) is 63.0. The molecule has 11 aromatic rings. The third-order valence-corrected chi connectivity index (χ3v) is 17.3. The number of para-hydroxylation sites is 6. The van der Waals surface area contributed by atoms with Gasteiger partial charge in [-0.05, 0) is 63.2 Å². The second kappa shape index (κ2) is 13.9. The van der Waals surface area contributed by atoms with Crippen molar-refractivity contribution in [3.05, 3.63) is 224 Å². The van der Waals surface area contributed by atoms with E-state index in [-0.39, 0.29) is 0 Å². The van der Waals surface area contributed by atoms with E-state index in [1.807, 2.05) is 12.1 Å². The Hall–Kier alpha value is -7.75. The van der Waals surface area contributed by atoms with Gasteiger partial charge in [-0.2, -0.15) is 0 Å². The van der Waals surface area contributed by atoms with Gasteiger partial charge in [0.1, 0.15) is 24.0 Å². The van der Waals surface area contributed by atoms with Crippen molar-refractivity contribution < 1.29 is 13.6 Å². The Kier molecular flexibility index (Phi) is 8.04. The fourth-order valence-corrected chi connectivity index (χ4v) is 14.9. The first-order chi connectivity index (χ1) is 30.2. The van der Waals surface area contributed by atoms with Crippen LogP contribution in [-0.4, -0.2) is 32.0 Å². The molecule has 1 aliphatic rings. The van der Waals surface area contributed by atoms with Crippen LogP contribution in [-0.2, 0) is 18.3 Å². The highest BCUT2D eigenvalue weighted by Crippen LogP contribution is 2.51. The molecule has 4 aromatic heterocycles. The van der Waals surface area contributed by atoms with Crippen LogP contribution in [0.1, 0.15) is 22.9 Å². The normalized spacial score (nSPS) is 13.3. The fraction of sp³-hybridized carbons (Fsp3) is 0.0577. The molecule has 0 saturated heterocycles. The molecule has 0 N–H and O–H groups in total. The molecule has 0 aliphatic carbocycles. The number of aromatic nitrogens is 5. The van der Waals surface area contributed by atoms with Gasteiger partial charge in [-0.1, -0.05) is 133 Å². The first-order valence-electron chi connectivity index (χ1n) is 20.5. The summed E-state index contributed by atoms with van der Waals surface area (Å²) in [5, 5.41) is 4.80. The maximum Gasteiger partial charge on any atom is 0.220 e. The molecule has 0 fully saturated rings. The summed E-state index contributed by atoms with van der Waals surface area (Å²) in [4.78, 5) is 14.6. The number of benzene rings is 7. The van der Waals surface area contributed by atoms with Gasteiger partial charge in [0.2, 0.25) is 5.78 Å². The predicted molar refractivity (Wildman–Crippen MR) is 241 cm³/mol. The number of rotatable bonds is 9. The van der Waals surface area contributed by atoms with Crippen molar-refractivity contribution in [2.45, 2.75) is 18.3 Å². The first kappa shape index (κ1) is 35.2. The lowest BCUT2D eigenvalue weighted by molar-refractivity contribution is 0.338. The topological polar surface area (TPSA) is 83.5 Å². The number of imidazole rings is 2. The molecule has 0 spiro atoms. The number of ether oxygens (including phenoxy) is 1. The minimum atomic E-state index is -3.28. The molecule has 0 unspecified atom stereocenters. The van der Waals surface area contributed by atoms with Crippen molar-refractivity contribution in [3.63, 3.8) is 0 Å². The third kappa shape index (κ3) is 5.33. The van der Waals surface area contributed by atoms with E-state index in [1.165, 1.54) is 15.6 Å². The van der Waals surface area contributed by atoms with Gasteiger partial charge in [-0.3, -0.25) is 8.97 Å². The standard InChI is InChI=1S/C52H37N5O3Si/c1-3-16-37(17-4-1)61(38-18-5-2-6-19-38,39-20-13-15-36(33-39)56-44-25-10-11-26-45(44)57-43-24-9-8-23-42(43)55-51(56)57)47-28-14-22-41-50(47)60-46-27-12-7-21-40(46)52(41,34-48-53-29-31-58-48)35-49-54-30-32-59-49/h1-33H,34-35H2. The molecule has 0 atom stereocenters. The van der Waals surface area contributed by atoms with E-state index in [1.54, 1.807) is 24.9 Å². The summed E-state index contributed by atoms with van der Waals surface area (Å²) < 4.78 is 24.0. The Balaban J connectivity index is 1.17. The van der Waals surface area contributed by atoms with Crippen molar-refractivity contribution in [1.29, 1.82) is 0 Å². The largest absolute Gasteiger partial charge is 0.457 e. The van der Waals surface area contributed by atoms with Crippen molar-refractivity contribution in [2.24, 2.45) is 0 Å². The maximum atomic E-state index is 7.34. The van der Waals surface area contributed by atoms with Crippen molar-refractivity contribution >= 4 is 56.7 Å². The highest BCUT2D eigenvalue weighted by Gasteiger charge is 2.50. The number of hydrogen-bond donors (Lipinski definition) is 0. The Morgan fingerprint density at radius 3 is 1.82 bits per heavy atom. The summed E-state index contributed by atoms with van der Waals surface area (Å²) in [6.07, 6.45) is 7.63. The zero-order valence-corrected chi connectivity index (χ0v) is 33.9. The van der Waals surface area contributed by atoms with Crippen molar-refractivity contribution in [1.82, 2.24) is 23.9 Å². The van der Waals surface area contributed by atoms with Gasteiger partial charge in [0.15, 0.2) is 19.9 Å². The summed E-state index contributed by atoms with van der Waals surface area (Å²) in [5.74, 6) is 3.73. The van der Waals surface area contributed by atoms with Crippen LogP contribution in [0.3, 0.4) is 0 Å². The van der Waals surface area contributed by atoms with Crippen molar-refractivity contribution in [2.75, 3.05) is 0 Å². The van der Waals surface area contributed by atoms with E-state index in [9.17, 15) is 0 Å². The molecule has 0 saturated carbocycles. The Bertz CT molecular complexity index is 3280. The lowest BCUT2D eigenvalue weighted by Gasteiger charge is -2.42. The van der Waals surface area contributed by atoms with Crippen LogP contribution in [0.4, 0.5) is 0 Å². The molecule has 292 valence electrons. The van der Waals surface area contributed by atoms with Gasteiger partial charge in [-0.25, -0.2) is 15.0 Å². The van der Waals surface area contributed by atoms with Crippen molar-refractivity contribution in [3.8, 4) is 17.2 Å². The number of fused-ring (bicyclic) bond motifs is 7. The second-order valence-corrected chi connectivity index (χ2v) is 19.4. The van der Waals surface area contributed by atoms with Gasteiger partial charge in [0, 0.05) is 35.1 Å². The van der Waals surface area contributed by atoms with Gasteiger partial charge in [0.05, 0.1) is 34.5 Å². The zero-order chi connectivity index (χ0) is 40.4. The van der Waals surface area contributed by atoms with E-state index in [0.717, 1.165) is 61.3 Å². The molecule has 61 heavy (non-hydrogen) atoms. The average Bonchev–Trinajstić information content (AvgIpc) is 4.15. The lowest BCUT2D eigenvalue weighted by atomic mass is 9.68. The van der Waals surface area contributed by atoms with E-state index in [4.69, 9.17) is 18.6 Å². The Morgan fingerprint density at radius 2 is 1.11 bits per heavy atom. The highest BCUT2D eigenvalue weighted by molar-refractivity contribution is 7.20. The molecule has 0 amide bonds. The Morgan fingerprint density at radius 1 is 0.525 bits per heavy atom. The summed E-state index contributed by atoms with van der Waals surface area (Å²) in [7, 11) is -3.28. The smallest absolute Gasteiger partial charge is 0.220 e. The third-order valence-electron chi connectivity index (χ3n) is 12.5. The number of oxazole rings is 2. The maximum absolute atomic E-state index is 7.34. The van der Waals surface area contributed by atoms with Crippen LogP contribution in [0.5, 0.6) is 11.5 Å². The van der Waals surface area contributed by atoms with E-state index in [0.29, 0.717) is 24.6 Å². The van der Waals surface area contributed by atoms with Gasteiger partial charge in [-0.15, -0.1) is 0 Å². The fourth-order valence-electron chi connectivity index (χ4n) is 9.99. The van der Waals surface area contributed by atoms with Gasteiger partial charge >= 0.3 is 0 Å². The van der Waals surface area contributed by atoms with Crippen LogP contribution in [0, 0.1) is 0 Å². The van der Waals surface area contributed by atoms with Gasteiger partial charge in [0.25, 0.3) is 0 Å². The highest BCUT2D eigenvalue weighted by atomic mass is 28.3. The summed E-state index contributed by atoms with van der Waals surface area (Å²) in [6.45, 7) is 0. The van der Waals surface area contributed by atoms with E-state index >= 15 is 0 Å². The lowest BCUT2D eigenvalue weighted by Crippen LogP contribution is -2.75. The average molecular weight is 808 g/mol. The first-order valence-corrected chi connectivity index (χ1v) is 22.5. The van der Waals surface area contributed by atoms with E-state index in [2.05, 4.69) is 183 Å². The summed E-state index contributed by atoms with van der Waals surface area (Å²) >= 11 is 0.